The normalized spacial score (nSPS) is 20.9. The monoisotopic (exact) mass is 426 g/mol. The lowest BCUT2D eigenvalue weighted by atomic mass is 9.88. The molecule has 1 fully saturated rings. The summed E-state index contributed by atoms with van der Waals surface area (Å²) in [5.74, 6) is 1.44. The van der Waals surface area contributed by atoms with Gasteiger partial charge in [-0.1, -0.05) is 13.8 Å². The van der Waals surface area contributed by atoms with Crippen LogP contribution in [0.5, 0.6) is 0 Å². The molecule has 1 atom stereocenters. The highest BCUT2D eigenvalue weighted by Crippen LogP contribution is 2.42. The van der Waals surface area contributed by atoms with Crippen molar-refractivity contribution in [2.75, 3.05) is 18.5 Å². The Labute approximate surface area is 181 Å². The van der Waals surface area contributed by atoms with E-state index in [2.05, 4.69) is 38.0 Å². The van der Waals surface area contributed by atoms with Crippen LogP contribution in [-0.4, -0.2) is 39.8 Å². The number of pyridine rings is 1. The average molecular weight is 427 g/mol. The van der Waals surface area contributed by atoms with Crippen LogP contribution in [-0.2, 0) is 28.9 Å². The van der Waals surface area contributed by atoms with Gasteiger partial charge in [-0.25, -0.2) is 15.0 Å². The number of ether oxygens (including phenoxy) is 2. The van der Waals surface area contributed by atoms with Gasteiger partial charge in [-0.3, -0.25) is 0 Å². The van der Waals surface area contributed by atoms with Crippen molar-refractivity contribution in [1.29, 1.82) is 0 Å². The van der Waals surface area contributed by atoms with Crippen molar-refractivity contribution in [3.63, 3.8) is 0 Å². The molecule has 1 saturated heterocycles. The molecule has 0 bridgehead atoms. The van der Waals surface area contributed by atoms with Crippen molar-refractivity contribution in [2.45, 2.75) is 71.7 Å². The summed E-state index contributed by atoms with van der Waals surface area (Å²) >= 11 is 1.70. The number of nitrogens with one attached hydrogen (secondary N) is 1. The number of thiophene rings is 1. The van der Waals surface area contributed by atoms with Gasteiger partial charge in [0.05, 0.1) is 28.5 Å². The second kappa shape index (κ2) is 7.70. The van der Waals surface area contributed by atoms with E-state index in [1.807, 2.05) is 0 Å². The molecule has 0 aromatic carbocycles. The van der Waals surface area contributed by atoms with E-state index >= 15 is 0 Å². The van der Waals surface area contributed by atoms with Crippen LogP contribution < -0.4 is 5.32 Å². The first-order valence-corrected chi connectivity index (χ1v) is 11.8. The van der Waals surface area contributed by atoms with Crippen LogP contribution in [0.3, 0.4) is 0 Å². The zero-order valence-electron chi connectivity index (χ0n) is 18.2. The van der Waals surface area contributed by atoms with Crippen molar-refractivity contribution >= 4 is 37.6 Å². The topological polar surface area (TPSA) is 69.2 Å². The van der Waals surface area contributed by atoms with E-state index in [4.69, 9.17) is 19.4 Å². The molecule has 2 aliphatic rings. The van der Waals surface area contributed by atoms with E-state index in [1.165, 1.54) is 22.2 Å². The Bertz CT molecular complexity index is 1090. The third-order valence-corrected chi connectivity index (χ3v) is 7.12. The number of hydrogen-bond acceptors (Lipinski definition) is 7. The summed E-state index contributed by atoms with van der Waals surface area (Å²) in [5.41, 5.74) is 4.64. The van der Waals surface area contributed by atoms with E-state index in [-0.39, 0.29) is 11.7 Å². The maximum Gasteiger partial charge on any atom is 0.147 e. The zero-order chi connectivity index (χ0) is 20.9. The highest BCUT2D eigenvalue weighted by Gasteiger charge is 2.32. The van der Waals surface area contributed by atoms with Gasteiger partial charge in [0.2, 0.25) is 0 Å². The summed E-state index contributed by atoms with van der Waals surface area (Å²) in [6.45, 7) is 11.1. The molecule has 2 aliphatic heterocycles. The summed E-state index contributed by atoms with van der Waals surface area (Å²) in [6.07, 6.45) is 6.03. The molecule has 0 unspecified atom stereocenters. The second-order valence-corrected chi connectivity index (χ2v) is 10.5. The van der Waals surface area contributed by atoms with Crippen LogP contribution in [0.4, 0.5) is 5.82 Å². The Hall–Kier alpha value is -1.83. The Morgan fingerprint density at radius 2 is 2.13 bits per heavy atom. The van der Waals surface area contributed by atoms with E-state index in [1.54, 1.807) is 17.7 Å². The molecular formula is C23H30N4O2S. The smallest absolute Gasteiger partial charge is 0.147 e. The lowest BCUT2D eigenvalue weighted by molar-refractivity contribution is -0.0402. The van der Waals surface area contributed by atoms with Crippen molar-refractivity contribution in [1.82, 2.24) is 15.0 Å². The van der Waals surface area contributed by atoms with Crippen molar-refractivity contribution in [2.24, 2.45) is 5.92 Å². The van der Waals surface area contributed by atoms with Gasteiger partial charge in [0, 0.05) is 36.2 Å². The number of aromatic nitrogens is 3. The number of rotatable bonds is 5. The van der Waals surface area contributed by atoms with Gasteiger partial charge < -0.3 is 14.8 Å². The van der Waals surface area contributed by atoms with Gasteiger partial charge in [0.15, 0.2) is 0 Å². The molecule has 3 aromatic rings. The lowest BCUT2D eigenvalue weighted by Crippen LogP contribution is -2.33. The minimum Gasteiger partial charge on any atom is -0.376 e. The number of fused-ring (bicyclic) bond motifs is 5. The standard InChI is InChI=1S/C23H30N4O2S/c1-13(2)8-17-16-11-29-23(3,4)9-15(16)18-19-20(30-22(18)27-17)21(26-12-25-19)24-10-14-6-5-7-28-14/h12-14H,5-11H2,1-4H3,(H,24,25,26)/t14-/m0/s1. The maximum absolute atomic E-state index is 6.18. The van der Waals surface area contributed by atoms with Crippen LogP contribution in [0, 0.1) is 5.92 Å². The molecule has 0 amide bonds. The first kappa shape index (κ1) is 20.1. The van der Waals surface area contributed by atoms with Gasteiger partial charge >= 0.3 is 0 Å². The van der Waals surface area contributed by atoms with Crippen LogP contribution in [0.25, 0.3) is 20.4 Å². The van der Waals surface area contributed by atoms with E-state index in [9.17, 15) is 0 Å². The molecule has 160 valence electrons. The van der Waals surface area contributed by atoms with Crippen molar-refractivity contribution in [3.8, 4) is 0 Å². The van der Waals surface area contributed by atoms with E-state index in [0.717, 1.165) is 59.7 Å². The van der Waals surface area contributed by atoms with Gasteiger partial charge in [0.25, 0.3) is 0 Å². The molecule has 0 spiro atoms. The molecule has 5 heterocycles. The highest BCUT2D eigenvalue weighted by molar-refractivity contribution is 7.26. The first-order valence-electron chi connectivity index (χ1n) is 11.0. The van der Waals surface area contributed by atoms with Crippen LogP contribution >= 0.6 is 11.3 Å². The number of hydrogen-bond donors (Lipinski definition) is 1. The van der Waals surface area contributed by atoms with Gasteiger partial charge in [-0.2, -0.15) is 0 Å². The molecule has 6 nitrogen and oxygen atoms in total. The SMILES string of the molecule is CC(C)Cc1nc2sc3c(NC[C@@H]4CCCO4)ncnc3c2c2c1COC(C)(C)C2. The molecule has 0 radical (unpaired) electrons. The van der Waals surface area contributed by atoms with Gasteiger partial charge in [0.1, 0.15) is 17.0 Å². The molecule has 3 aromatic heterocycles. The molecule has 5 rings (SSSR count). The maximum atomic E-state index is 6.18. The van der Waals surface area contributed by atoms with E-state index < -0.39 is 0 Å². The summed E-state index contributed by atoms with van der Waals surface area (Å²) in [5, 5.41) is 4.71. The molecule has 0 aliphatic carbocycles. The predicted molar refractivity (Wildman–Crippen MR) is 121 cm³/mol. The summed E-state index contributed by atoms with van der Waals surface area (Å²) in [7, 11) is 0. The largest absolute Gasteiger partial charge is 0.376 e. The third-order valence-electron chi connectivity index (χ3n) is 6.04. The summed E-state index contributed by atoms with van der Waals surface area (Å²) < 4.78 is 13.0. The number of anilines is 1. The summed E-state index contributed by atoms with van der Waals surface area (Å²) in [6, 6.07) is 0. The Balaban J connectivity index is 1.64. The average Bonchev–Trinajstić information content (AvgIpc) is 3.32. The van der Waals surface area contributed by atoms with Gasteiger partial charge in [-0.05, 0) is 44.6 Å². The molecular weight excluding hydrogens is 396 g/mol. The highest BCUT2D eigenvalue weighted by atomic mass is 32.1. The summed E-state index contributed by atoms with van der Waals surface area (Å²) in [4.78, 5) is 15.4. The minimum absolute atomic E-state index is 0.182. The van der Waals surface area contributed by atoms with E-state index in [0.29, 0.717) is 12.5 Å². The minimum atomic E-state index is -0.182. The predicted octanol–water partition coefficient (Wildman–Crippen LogP) is 4.88. The quantitative estimate of drug-likeness (QED) is 0.627. The third kappa shape index (κ3) is 3.67. The fraction of sp³-hybridized carbons (Fsp3) is 0.609. The van der Waals surface area contributed by atoms with Crippen molar-refractivity contribution in [3.05, 3.63) is 23.1 Å². The Morgan fingerprint density at radius 1 is 1.27 bits per heavy atom. The number of nitrogens with zero attached hydrogens (tertiary/aromatic N) is 3. The molecule has 1 N–H and O–H groups in total. The molecule has 0 saturated carbocycles. The Morgan fingerprint density at radius 3 is 2.90 bits per heavy atom. The van der Waals surface area contributed by atoms with Crippen LogP contribution in [0.15, 0.2) is 6.33 Å². The van der Waals surface area contributed by atoms with Crippen LogP contribution in [0.1, 0.15) is 57.4 Å². The van der Waals surface area contributed by atoms with Crippen molar-refractivity contribution < 1.29 is 9.47 Å². The fourth-order valence-corrected chi connectivity index (χ4v) is 5.71. The lowest BCUT2D eigenvalue weighted by Gasteiger charge is -2.33. The fourth-order valence-electron chi connectivity index (χ4n) is 4.57. The molecule has 7 heteroatoms. The molecule has 30 heavy (non-hydrogen) atoms. The Kier molecular flexibility index (Phi) is 5.16. The van der Waals surface area contributed by atoms with Gasteiger partial charge in [-0.15, -0.1) is 11.3 Å². The zero-order valence-corrected chi connectivity index (χ0v) is 19.1. The van der Waals surface area contributed by atoms with Crippen LogP contribution in [0.2, 0.25) is 0 Å². The first-order chi connectivity index (χ1) is 14.4. The second-order valence-electron chi connectivity index (χ2n) is 9.54.